The SMILES string of the molecule is CCCC(CCN)CCC(=O)Nc1ccc(F)cc1Cl. The summed E-state index contributed by atoms with van der Waals surface area (Å²) in [6.45, 7) is 2.78. The lowest BCUT2D eigenvalue weighted by molar-refractivity contribution is -0.116. The predicted octanol–water partition coefficient (Wildman–Crippen LogP) is 3.96. The van der Waals surface area contributed by atoms with Crippen molar-refractivity contribution in [3.8, 4) is 0 Å². The van der Waals surface area contributed by atoms with Crippen molar-refractivity contribution in [2.24, 2.45) is 11.7 Å². The van der Waals surface area contributed by atoms with E-state index in [2.05, 4.69) is 12.2 Å². The zero-order valence-corrected chi connectivity index (χ0v) is 12.5. The van der Waals surface area contributed by atoms with E-state index < -0.39 is 5.82 Å². The van der Waals surface area contributed by atoms with Gasteiger partial charge in [0.2, 0.25) is 5.91 Å². The molecular weight excluding hydrogens is 279 g/mol. The lowest BCUT2D eigenvalue weighted by atomic mass is 9.94. The molecule has 0 aromatic heterocycles. The molecule has 1 unspecified atom stereocenters. The Bertz CT molecular complexity index is 434. The van der Waals surface area contributed by atoms with Gasteiger partial charge in [0.05, 0.1) is 10.7 Å². The fraction of sp³-hybridized carbons (Fsp3) is 0.533. The van der Waals surface area contributed by atoms with Crippen LogP contribution in [0.4, 0.5) is 10.1 Å². The van der Waals surface area contributed by atoms with Crippen LogP contribution in [0.15, 0.2) is 18.2 Å². The summed E-state index contributed by atoms with van der Waals surface area (Å²) in [5, 5.41) is 2.92. The van der Waals surface area contributed by atoms with Crippen molar-refractivity contribution < 1.29 is 9.18 Å². The molecule has 0 saturated carbocycles. The number of benzene rings is 1. The molecule has 0 aliphatic carbocycles. The van der Waals surface area contributed by atoms with Crippen molar-refractivity contribution in [3.63, 3.8) is 0 Å². The molecule has 1 aromatic rings. The fourth-order valence-electron chi connectivity index (χ4n) is 2.22. The maximum absolute atomic E-state index is 12.9. The highest BCUT2D eigenvalue weighted by molar-refractivity contribution is 6.33. The van der Waals surface area contributed by atoms with E-state index in [0.29, 0.717) is 24.6 Å². The maximum atomic E-state index is 12.9. The molecule has 20 heavy (non-hydrogen) atoms. The Hall–Kier alpha value is -1.13. The maximum Gasteiger partial charge on any atom is 0.224 e. The molecule has 0 aliphatic rings. The molecule has 0 aliphatic heterocycles. The van der Waals surface area contributed by atoms with E-state index in [1.165, 1.54) is 18.2 Å². The van der Waals surface area contributed by atoms with Gasteiger partial charge in [0.1, 0.15) is 5.82 Å². The summed E-state index contributed by atoms with van der Waals surface area (Å²) >= 11 is 5.86. The molecule has 0 saturated heterocycles. The number of nitrogens with one attached hydrogen (secondary N) is 1. The van der Waals surface area contributed by atoms with Crippen molar-refractivity contribution in [2.45, 2.75) is 39.0 Å². The average Bonchev–Trinajstić information content (AvgIpc) is 2.40. The minimum absolute atomic E-state index is 0.100. The Labute approximate surface area is 124 Å². The Morgan fingerprint density at radius 2 is 2.15 bits per heavy atom. The third-order valence-corrected chi connectivity index (χ3v) is 3.57. The number of hydrogen-bond acceptors (Lipinski definition) is 2. The number of hydrogen-bond donors (Lipinski definition) is 2. The van der Waals surface area contributed by atoms with Gasteiger partial charge in [0.15, 0.2) is 0 Å². The number of nitrogens with two attached hydrogens (primary N) is 1. The van der Waals surface area contributed by atoms with E-state index in [1.54, 1.807) is 0 Å². The molecule has 3 N–H and O–H groups in total. The third-order valence-electron chi connectivity index (χ3n) is 3.26. The number of amides is 1. The van der Waals surface area contributed by atoms with E-state index in [1.807, 2.05) is 0 Å². The van der Waals surface area contributed by atoms with Crippen molar-refractivity contribution in [3.05, 3.63) is 29.0 Å². The van der Waals surface area contributed by atoms with E-state index in [9.17, 15) is 9.18 Å². The summed E-state index contributed by atoms with van der Waals surface area (Å²) in [5.74, 6) is -0.0324. The fourth-order valence-corrected chi connectivity index (χ4v) is 2.43. The highest BCUT2D eigenvalue weighted by Crippen LogP contribution is 2.23. The zero-order chi connectivity index (χ0) is 15.0. The van der Waals surface area contributed by atoms with E-state index in [0.717, 1.165) is 25.7 Å². The molecule has 112 valence electrons. The van der Waals surface area contributed by atoms with Gasteiger partial charge in [-0.15, -0.1) is 0 Å². The third kappa shape index (κ3) is 5.88. The van der Waals surface area contributed by atoms with Gasteiger partial charge in [-0.25, -0.2) is 4.39 Å². The standard InChI is InChI=1S/C15H22ClFN2O/c1-2-3-11(8-9-18)4-7-15(20)19-14-6-5-12(17)10-13(14)16/h5-6,10-11H,2-4,7-9,18H2,1H3,(H,19,20). The lowest BCUT2D eigenvalue weighted by Crippen LogP contribution is -2.15. The first-order valence-corrected chi connectivity index (χ1v) is 7.39. The van der Waals surface area contributed by atoms with Crippen molar-refractivity contribution >= 4 is 23.2 Å². The van der Waals surface area contributed by atoms with Crippen LogP contribution in [-0.4, -0.2) is 12.5 Å². The van der Waals surface area contributed by atoms with Gasteiger partial charge in [0, 0.05) is 6.42 Å². The Balaban J connectivity index is 2.46. The summed E-state index contributed by atoms with van der Waals surface area (Å²) in [7, 11) is 0. The molecule has 5 heteroatoms. The van der Waals surface area contributed by atoms with Gasteiger partial charge in [-0.3, -0.25) is 4.79 Å². The molecule has 0 heterocycles. The van der Waals surface area contributed by atoms with Crippen molar-refractivity contribution in [2.75, 3.05) is 11.9 Å². The summed E-state index contributed by atoms with van der Waals surface area (Å²) in [6, 6.07) is 3.93. The Morgan fingerprint density at radius 3 is 2.75 bits per heavy atom. The molecule has 1 amide bonds. The first-order chi connectivity index (χ1) is 9.56. The minimum Gasteiger partial charge on any atom is -0.330 e. The number of anilines is 1. The quantitative estimate of drug-likeness (QED) is 0.763. The van der Waals surface area contributed by atoms with Crippen LogP contribution in [0.2, 0.25) is 5.02 Å². The first kappa shape index (κ1) is 16.9. The molecular formula is C15H22ClFN2O. The molecule has 1 aromatic carbocycles. The largest absolute Gasteiger partial charge is 0.330 e. The highest BCUT2D eigenvalue weighted by atomic mass is 35.5. The number of carbonyl (C=O) groups is 1. The van der Waals surface area contributed by atoms with Gasteiger partial charge in [-0.2, -0.15) is 0 Å². The number of carbonyl (C=O) groups excluding carboxylic acids is 1. The van der Waals surface area contributed by atoms with Crippen molar-refractivity contribution in [1.29, 1.82) is 0 Å². The van der Waals surface area contributed by atoms with E-state index in [-0.39, 0.29) is 10.9 Å². The molecule has 0 spiro atoms. The lowest BCUT2D eigenvalue weighted by Gasteiger charge is -2.15. The molecule has 0 fully saturated rings. The van der Waals surface area contributed by atoms with Gasteiger partial charge in [-0.05, 0) is 43.5 Å². The van der Waals surface area contributed by atoms with Crippen LogP contribution in [0, 0.1) is 11.7 Å². The molecule has 0 radical (unpaired) electrons. The van der Waals surface area contributed by atoms with Crippen LogP contribution in [0.25, 0.3) is 0 Å². The second kappa shape index (κ2) is 8.93. The average molecular weight is 301 g/mol. The topological polar surface area (TPSA) is 55.1 Å². The minimum atomic E-state index is -0.418. The molecule has 0 bridgehead atoms. The highest BCUT2D eigenvalue weighted by Gasteiger charge is 2.11. The zero-order valence-electron chi connectivity index (χ0n) is 11.8. The van der Waals surface area contributed by atoms with Gasteiger partial charge in [-0.1, -0.05) is 31.4 Å². The van der Waals surface area contributed by atoms with E-state index in [4.69, 9.17) is 17.3 Å². The second-order valence-electron chi connectivity index (χ2n) is 4.94. The van der Waals surface area contributed by atoms with Crippen LogP contribution in [-0.2, 0) is 4.79 Å². The van der Waals surface area contributed by atoms with Crippen LogP contribution < -0.4 is 11.1 Å². The summed E-state index contributed by atoms with van der Waals surface area (Å²) in [6.07, 6.45) is 4.37. The normalized spacial score (nSPS) is 12.2. The van der Waals surface area contributed by atoms with Gasteiger partial charge < -0.3 is 11.1 Å². The van der Waals surface area contributed by atoms with Crippen LogP contribution >= 0.6 is 11.6 Å². The monoisotopic (exact) mass is 300 g/mol. The van der Waals surface area contributed by atoms with Crippen LogP contribution in [0.3, 0.4) is 0 Å². The molecule has 1 atom stereocenters. The molecule has 3 nitrogen and oxygen atoms in total. The van der Waals surface area contributed by atoms with Gasteiger partial charge in [0.25, 0.3) is 0 Å². The first-order valence-electron chi connectivity index (χ1n) is 7.01. The second-order valence-corrected chi connectivity index (χ2v) is 5.35. The smallest absolute Gasteiger partial charge is 0.224 e. The Kier molecular flexibility index (Phi) is 7.55. The Morgan fingerprint density at radius 1 is 1.40 bits per heavy atom. The van der Waals surface area contributed by atoms with E-state index >= 15 is 0 Å². The predicted molar refractivity (Wildman–Crippen MR) is 81.3 cm³/mol. The van der Waals surface area contributed by atoms with Gasteiger partial charge >= 0.3 is 0 Å². The van der Waals surface area contributed by atoms with Crippen molar-refractivity contribution in [1.82, 2.24) is 0 Å². The summed E-state index contributed by atoms with van der Waals surface area (Å²) in [4.78, 5) is 11.9. The van der Waals surface area contributed by atoms with Crippen LogP contribution in [0.5, 0.6) is 0 Å². The molecule has 1 rings (SSSR count). The van der Waals surface area contributed by atoms with Crippen LogP contribution in [0.1, 0.15) is 39.0 Å². The number of rotatable bonds is 8. The number of halogens is 2. The summed E-state index contributed by atoms with van der Waals surface area (Å²) in [5.41, 5.74) is 6.02. The summed E-state index contributed by atoms with van der Waals surface area (Å²) < 4.78 is 12.9.